The average Bonchev–Trinajstić information content (AvgIpc) is 3.41. The molecule has 0 saturated carbocycles. The number of carbonyl (C=O) groups excluding carboxylic acids is 1. The molecule has 2 saturated heterocycles. The lowest BCUT2D eigenvalue weighted by Crippen LogP contribution is -2.49. The highest BCUT2D eigenvalue weighted by atomic mass is 19.1. The summed E-state index contributed by atoms with van der Waals surface area (Å²) in [5, 5.41) is 8.83. The van der Waals surface area contributed by atoms with Crippen molar-refractivity contribution in [3.8, 4) is 11.5 Å². The molecule has 8 heteroatoms. The highest BCUT2D eigenvalue weighted by Crippen LogP contribution is 2.24. The van der Waals surface area contributed by atoms with Gasteiger partial charge >= 0.3 is 0 Å². The van der Waals surface area contributed by atoms with E-state index in [4.69, 9.17) is 4.74 Å². The Hall–Kier alpha value is -3.68. The van der Waals surface area contributed by atoms with Gasteiger partial charge in [0.2, 0.25) is 0 Å². The summed E-state index contributed by atoms with van der Waals surface area (Å²) in [4.78, 5) is 19.3. The maximum atomic E-state index is 13.1. The Bertz CT molecular complexity index is 1090. The van der Waals surface area contributed by atoms with Gasteiger partial charge in [-0.05, 0) is 67.4 Å². The van der Waals surface area contributed by atoms with Gasteiger partial charge in [-0.1, -0.05) is 6.07 Å². The first-order chi connectivity index (χ1) is 16.2. The Morgan fingerprint density at radius 3 is 2.03 bits per heavy atom. The van der Waals surface area contributed by atoms with Crippen LogP contribution in [0.5, 0.6) is 11.5 Å². The lowest BCUT2D eigenvalue weighted by atomic mass is 10.1. The standard InChI is InChI=1S/C25H26FN5O2/c26-20-6-8-21(9-7-20)33-22-5-3-4-19(18-22)25(32)31-16-14-30(15-17-31)24-11-10-23(27-28-24)29-12-1-2-13-29/h3-11,18H,1-2,12-17H2. The van der Waals surface area contributed by atoms with Gasteiger partial charge in [0.25, 0.3) is 5.91 Å². The molecule has 0 N–H and O–H groups in total. The van der Waals surface area contributed by atoms with Crippen molar-refractivity contribution in [3.05, 3.63) is 72.0 Å². The van der Waals surface area contributed by atoms with E-state index in [0.29, 0.717) is 43.2 Å². The van der Waals surface area contributed by atoms with E-state index >= 15 is 0 Å². The first-order valence-corrected chi connectivity index (χ1v) is 11.3. The molecule has 1 aromatic heterocycles. The number of piperazine rings is 1. The lowest BCUT2D eigenvalue weighted by Gasteiger charge is -2.35. The molecule has 0 aliphatic carbocycles. The smallest absolute Gasteiger partial charge is 0.254 e. The summed E-state index contributed by atoms with van der Waals surface area (Å²) in [5.74, 6) is 2.49. The number of ether oxygens (including phenoxy) is 1. The van der Waals surface area contributed by atoms with Crippen LogP contribution in [0.1, 0.15) is 23.2 Å². The number of benzene rings is 2. The third-order valence-electron chi connectivity index (χ3n) is 6.09. The summed E-state index contributed by atoms with van der Waals surface area (Å²) in [5.41, 5.74) is 0.567. The van der Waals surface area contributed by atoms with Crippen LogP contribution in [-0.4, -0.2) is 60.3 Å². The number of nitrogens with zero attached hydrogens (tertiary/aromatic N) is 5. The van der Waals surface area contributed by atoms with E-state index in [1.54, 1.807) is 36.4 Å². The van der Waals surface area contributed by atoms with E-state index in [0.717, 1.165) is 24.7 Å². The predicted molar refractivity (Wildman–Crippen MR) is 125 cm³/mol. The van der Waals surface area contributed by atoms with Crippen LogP contribution in [-0.2, 0) is 0 Å². The summed E-state index contributed by atoms with van der Waals surface area (Å²) in [6, 6.07) is 16.9. The van der Waals surface area contributed by atoms with Crippen LogP contribution >= 0.6 is 0 Å². The molecule has 2 aromatic carbocycles. The van der Waals surface area contributed by atoms with Crippen molar-refractivity contribution >= 4 is 17.5 Å². The number of carbonyl (C=O) groups is 1. The zero-order valence-corrected chi connectivity index (χ0v) is 18.4. The molecule has 7 nitrogen and oxygen atoms in total. The SMILES string of the molecule is O=C(c1cccc(Oc2ccc(F)cc2)c1)N1CCN(c2ccc(N3CCCC3)nn2)CC1. The van der Waals surface area contributed by atoms with Crippen molar-refractivity contribution in [2.75, 3.05) is 49.1 Å². The molecule has 0 atom stereocenters. The summed E-state index contributed by atoms with van der Waals surface area (Å²) >= 11 is 0. The molecule has 2 fully saturated rings. The third kappa shape index (κ3) is 4.89. The van der Waals surface area contributed by atoms with E-state index in [-0.39, 0.29) is 11.7 Å². The molecule has 0 radical (unpaired) electrons. The Balaban J connectivity index is 1.18. The lowest BCUT2D eigenvalue weighted by molar-refractivity contribution is 0.0746. The average molecular weight is 448 g/mol. The summed E-state index contributed by atoms with van der Waals surface area (Å²) in [6.45, 7) is 4.72. The topological polar surface area (TPSA) is 61.8 Å². The first-order valence-electron chi connectivity index (χ1n) is 11.3. The van der Waals surface area contributed by atoms with Gasteiger partial charge in [0.1, 0.15) is 17.3 Å². The Morgan fingerprint density at radius 1 is 0.758 bits per heavy atom. The maximum absolute atomic E-state index is 13.1. The van der Waals surface area contributed by atoms with E-state index < -0.39 is 0 Å². The number of anilines is 2. The molecular weight excluding hydrogens is 421 g/mol. The van der Waals surface area contributed by atoms with Gasteiger partial charge in [-0.25, -0.2) is 4.39 Å². The number of rotatable bonds is 5. The van der Waals surface area contributed by atoms with Crippen LogP contribution in [0.15, 0.2) is 60.7 Å². The van der Waals surface area contributed by atoms with E-state index in [2.05, 4.69) is 20.0 Å². The van der Waals surface area contributed by atoms with Crippen molar-refractivity contribution in [2.45, 2.75) is 12.8 Å². The summed E-state index contributed by atoms with van der Waals surface area (Å²) < 4.78 is 18.9. The zero-order chi connectivity index (χ0) is 22.6. The van der Waals surface area contributed by atoms with Crippen LogP contribution in [0.25, 0.3) is 0 Å². The van der Waals surface area contributed by atoms with Gasteiger partial charge in [0.05, 0.1) is 0 Å². The highest BCUT2D eigenvalue weighted by Gasteiger charge is 2.24. The highest BCUT2D eigenvalue weighted by molar-refractivity contribution is 5.94. The number of halogens is 1. The van der Waals surface area contributed by atoms with Crippen LogP contribution in [0.2, 0.25) is 0 Å². The van der Waals surface area contributed by atoms with E-state index in [1.807, 2.05) is 17.0 Å². The zero-order valence-electron chi connectivity index (χ0n) is 18.4. The Morgan fingerprint density at radius 2 is 1.39 bits per heavy atom. The Labute approximate surface area is 192 Å². The van der Waals surface area contributed by atoms with Crippen LogP contribution < -0.4 is 14.5 Å². The van der Waals surface area contributed by atoms with Crippen molar-refractivity contribution in [1.82, 2.24) is 15.1 Å². The van der Waals surface area contributed by atoms with Gasteiger partial charge in [0.15, 0.2) is 11.6 Å². The van der Waals surface area contributed by atoms with Crippen molar-refractivity contribution in [3.63, 3.8) is 0 Å². The van der Waals surface area contributed by atoms with Gasteiger partial charge in [-0.2, -0.15) is 0 Å². The van der Waals surface area contributed by atoms with Crippen molar-refractivity contribution in [1.29, 1.82) is 0 Å². The number of hydrogen-bond acceptors (Lipinski definition) is 6. The third-order valence-corrected chi connectivity index (χ3v) is 6.09. The second-order valence-corrected chi connectivity index (χ2v) is 8.31. The molecule has 0 spiro atoms. The summed E-state index contributed by atoms with van der Waals surface area (Å²) in [6.07, 6.45) is 2.42. The van der Waals surface area contributed by atoms with Crippen LogP contribution in [0, 0.1) is 5.82 Å². The molecule has 2 aliphatic rings. The number of aromatic nitrogens is 2. The summed E-state index contributed by atoms with van der Waals surface area (Å²) in [7, 11) is 0. The molecule has 5 rings (SSSR count). The van der Waals surface area contributed by atoms with Gasteiger partial charge < -0.3 is 19.4 Å². The van der Waals surface area contributed by atoms with Gasteiger partial charge in [-0.3, -0.25) is 4.79 Å². The minimum Gasteiger partial charge on any atom is -0.457 e. The predicted octanol–water partition coefficient (Wildman–Crippen LogP) is 3.97. The van der Waals surface area contributed by atoms with E-state index in [9.17, 15) is 9.18 Å². The minimum atomic E-state index is -0.320. The second-order valence-electron chi connectivity index (χ2n) is 8.31. The maximum Gasteiger partial charge on any atom is 0.254 e. The molecule has 0 bridgehead atoms. The molecule has 1 amide bonds. The molecular formula is C25H26FN5O2. The van der Waals surface area contributed by atoms with E-state index in [1.165, 1.54) is 25.0 Å². The molecule has 33 heavy (non-hydrogen) atoms. The minimum absolute atomic E-state index is 0.0327. The monoisotopic (exact) mass is 447 g/mol. The number of amides is 1. The first kappa shape index (κ1) is 21.2. The molecule has 3 aromatic rings. The normalized spacial score (nSPS) is 16.2. The molecule has 170 valence electrons. The fourth-order valence-corrected chi connectivity index (χ4v) is 4.25. The van der Waals surface area contributed by atoms with Crippen molar-refractivity contribution in [2.24, 2.45) is 0 Å². The quantitative estimate of drug-likeness (QED) is 0.590. The van der Waals surface area contributed by atoms with Crippen molar-refractivity contribution < 1.29 is 13.9 Å². The van der Waals surface area contributed by atoms with Gasteiger partial charge in [0, 0.05) is 44.8 Å². The molecule has 3 heterocycles. The van der Waals surface area contributed by atoms with Crippen LogP contribution in [0.3, 0.4) is 0 Å². The largest absolute Gasteiger partial charge is 0.457 e. The fraction of sp³-hybridized carbons (Fsp3) is 0.320. The number of hydrogen-bond donors (Lipinski definition) is 0. The van der Waals surface area contributed by atoms with Crippen LogP contribution in [0.4, 0.5) is 16.0 Å². The second kappa shape index (κ2) is 9.44. The van der Waals surface area contributed by atoms with Gasteiger partial charge in [-0.15, -0.1) is 10.2 Å². The Kier molecular flexibility index (Phi) is 6.06. The fourth-order valence-electron chi connectivity index (χ4n) is 4.25. The molecule has 0 unspecified atom stereocenters. The molecule has 2 aliphatic heterocycles.